The molecule has 0 saturated carbocycles. The molecule has 2 aromatic heterocycles. The predicted molar refractivity (Wildman–Crippen MR) is 96.6 cm³/mol. The Kier molecular flexibility index (Phi) is 5.15. The number of aryl methyl sites for hydroxylation is 1. The number of benzene rings is 1. The van der Waals surface area contributed by atoms with Gasteiger partial charge in [0.25, 0.3) is 5.91 Å². The number of carbonyl (C=O) groups is 1. The number of aromatic nitrogens is 3. The van der Waals surface area contributed by atoms with Crippen LogP contribution in [-0.4, -0.2) is 47.7 Å². The molecule has 0 aliphatic rings. The van der Waals surface area contributed by atoms with Gasteiger partial charge < -0.3 is 19.8 Å². The van der Waals surface area contributed by atoms with E-state index in [1.54, 1.807) is 11.6 Å². The van der Waals surface area contributed by atoms with Gasteiger partial charge in [0, 0.05) is 20.4 Å². The van der Waals surface area contributed by atoms with Gasteiger partial charge in [0.15, 0.2) is 6.29 Å². The molecular formula is C18H20N4O4. The third kappa shape index (κ3) is 3.24. The van der Waals surface area contributed by atoms with Gasteiger partial charge in [-0.1, -0.05) is 18.2 Å². The van der Waals surface area contributed by atoms with Gasteiger partial charge in [-0.2, -0.15) is 5.10 Å². The summed E-state index contributed by atoms with van der Waals surface area (Å²) in [5.74, 6) is -0.501. The quantitative estimate of drug-likeness (QED) is 0.650. The van der Waals surface area contributed by atoms with E-state index in [9.17, 15) is 9.59 Å². The summed E-state index contributed by atoms with van der Waals surface area (Å²) >= 11 is 0. The molecule has 3 rings (SSSR count). The van der Waals surface area contributed by atoms with Crippen molar-refractivity contribution in [2.75, 3.05) is 20.8 Å². The van der Waals surface area contributed by atoms with Crippen molar-refractivity contribution in [3.8, 4) is 5.69 Å². The molecule has 0 unspecified atom stereocenters. The number of para-hydroxylation sites is 1. The Balaban J connectivity index is 1.98. The van der Waals surface area contributed by atoms with Crippen LogP contribution in [-0.2, 0) is 9.47 Å². The molecule has 136 valence electrons. The van der Waals surface area contributed by atoms with Crippen LogP contribution < -0.4 is 10.7 Å². The zero-order chi connectivity index (χ0) is 18.7. The summed E-state index contributed by atoms with van der Waals surface area (Å²) in [4.78, 5) is 28.2. The van der Waals surface area contributed by atoms with E-state index in [0.29, 0.717) is 16.7 Å². The van der Waals surface area contributed by atoms with Crippen LogP contribution in [0.3, 0.4) is 0 Å². The number of hydrogen-bond acceptors (Lipinski definition) is 5. The van der Waals surface area contributed by atoms with Gasteiger partial charge in [-0.25, -0.2) is 4.68 Å². The summed E-state index contributed by atoms with van der Waals surface area (Å²) in [5, 5.41) is 7.45. The van der Waals surface area contributed by atoms with Gasteiger partial charge in [-0.05, 0) is 19.1 Å². The molecule has 0 fully saturated rings. The van der Waals surface area contributed by atoms with E-state index in [1.807, 2.05) is 30.3 Å². The van der Waals surface area contributed by atoms with Crippen molar-refractivity contribution in [3.63, 3.8) is 0 Å². The first-order valence-corrected chi connectivity index (χ1v) is 8.07. The number of hydrogen-bond donors (Lipinski definition) is 2. The second-order valence-corrected chi connectivity index (χ2v) is 5.70. The normalized spacial score (nSPS) is 11.2. The van der Waals surface area contributed by atoms with Crippen molar-refractivity contribution < 1.29 is 14.3 Å². The van der Waals surface area contributed by atoms with Crippen LogP contribution in [0.1, 0.15) is 16.1 Å². The SMILES string of the molecule is COC(CNC(=O)c1c[nH]c2c(c(C)nn2-c2ccccc2)c1=O)OC. The molecule has 26 heavy (non-hydrogen) atoms. The molecule has 0 bridgehead atoms. The van der Waals surface area contributed by atoms with E-state index in [1.165, 1.54) is 20.4 Å². The fraction of sp³-hybridized carbons (Fsp3) is 0.278. The Morgan fingerprint density at radius 1 is 1.27 bits per heavy atom. The molecule has 0 radical (unpaired) electrons. The van der Waals surface area contributed by atoms with Crippen LogP contribution in [0.2, 0.25) is 0 Å². The largest absolute Gasteiger partial charge is 0.354 e. The topological polar surface area (TPSA) is 98.2 Å². The summed E-state index contributed by atoms with van der Waals surface area (Å²) in [5.41, 5.74) is 1.55. The van der Waals surface area contributed by atoms with E-state index in [2.05, 4.69) is 15.4 Å². The van der Waals surface area contributed by atoms with Gasteiger partial charge in [0.2, 0.25) is 5.43 Å². The van der Waals surface area contributed by atoms with Gasteiger partial charge in [-0.15, -0.1) is 0 Å². The number of nitrogens with zero attached hydrogens (tertiary/aromatic N) is 2. The fourth-order valence-corrected chi connectivity index (χ4v) is 2.73. The molecule has 3 aromatic rings. The number of rotatable bonds is 6. The van der Waals surface area contributed by atoms with E-state index >= 15 is 0 Å². The highest BCUT2D eigenvalue weighted by Gasteiger charge is 2.19. The first kappa shape index (κ1) is 17.8. The Morgan fingerprint density at radius 2 is 1.96 bits per heavy atom. The first-order chi connectivity index (χ1) is 12.6. The minimum absolute atomic E-state index is 0.0131. The summed E-state index contributed by atoms with van der Waals surface area (Å²) in [6.07, 6.45) is 0.819. The highest BCUT2D eigenvalue weighted by molar-refractivity contribution is 5.97. The monoisotopic (exact) mass is 356 g/mol. The van der Waals surface area contributed by atoms with Crippen LogP contribution >= 0.6 is 0 Å². The lowest BCUT2D eigenvalue weighted by molar-refractivity contribution is -0.0974. The molecule has 0 aliphatic heterocycles. The number of amides is 1. The zero-order valence-electron chi connectivity index (χ0n) is 14.8. The minimum atomic E-state index is -0.579. The molecule has 0 atom stereocenters. The lowest BCUT2D eigenvalue weighted by Gasteiger charge is -2.13. The van der Waals surface area contributed by atoms with Crippen LogP contribution in [0.15, 0.2) is 41.3 Å². The number of ether oxygens (including phenoxy) is 2. The molecule has 2 heterocycles. The molecule has 0 saturated heterocycles. The Bertz CT molecular complexity index is 974. The summed E-state index contributed by atoms with van der Waals surface area (Å²) in [6.45, 7) is 1.87. The number of carbonyl (C=O) groups excluding carboxylic acids is 1. The van der Waals surface area contributed by atoms with Crippen molar-refractivity contribution in [1.82, 2.24) is 20.1 Å². The number of aromatic amines is 1. The molecular weight excluding hydrogens is 336 g/mol. The van der Waals surface area contributed by atoms with Gasteiger partial charge >= 0.3 is 0 Å². The average Bonchev–Trinajstić information content (AvgIpc) is 3.01. The molecule has 0 aliphatic carbocycles. The van der Waals surface area contributed by atoms with Crippen LogP contribution in [0.4, 0.5) is 0 Å². The van der Waals surface area contributed by atoms with Crippen LogP contribution in [0.25, 0.3) is 16.7 Å². The summed E-state index contributed by atoms with van der Waals surface area (Å²) in [6, 6.07) is 9.46. The maximum Gasteiger partial charge on any atom is 0.256 e. The van der Waals surface area contributed by atoms with Crippen molar-refractivity contribution in [2.45, 2.75) is 13.2 Å². The molecule has 0 spiro atoms. The van der Waals surface area contributed by atoms with Crippen molar-refractivity contribution in [3.05, 3.63) is 58.0 Å². The second kappa shape index (κ2) is 7.51. The molecule has 8 heteroatoms. The number of H-pyrrole nitrogens is 1. The third-order valence-electron chi connectivity index (χ3n) is 4.09. The Labute approximate surface area is 149 Å². The lowest BCUT2D eigenvalue weighted by Crippen LogP contribution is -2.36. The predicted octanol–water partition coefficient (Wildman–Crippen LogP) is 1.37. The molecule has 2 N–H and O–H groups in total. The van der Waals surface area contributed by atoms with Crippen LogP contribution in [0.5, 0.6) is 0 Å². The number of nitrogens with one attached hydrogen (secondary N) is 2. The highest BCUT2D eigenvalue weighted by Crippen LogP contribution is 2.17. The second-order valence-electron chi connectivity index (χ2n) is 5.70. The summed E-state index contributed by atoms with van der Waals surface area (Å²) in [7, 11) is 2.95. The van der Waals surface area contributed by atoms with E-state index < -0.39 is 12.2 Å². The van der Waals surface area contributed by atoms with Gasteiger partial charge in [0.05, 0.1) is 23.3 Å². The van der Waals surface area contributed by atoms with E-state index in [-0.39, 0.29) is 17.5 Å². The number of methoxy groups -OCH3 is 2. The molecule has 1 amide bonds. The highest BCUT2D eigenvalue weighted by atomic mass is 16.7. The van der Waals surface area contributed by atoms with E-state index in [4.69, 9.17) is 9.47 Å². The number of pyridine rings is 1. The van der Waals surface area contributed by atoms with Crippen molar-refractivity contribution in [2.24, 2.45) is 0 Å². The van der Waals surface area contributed by atoms with Crippen molar-refractivity contribution in [1.29, 1.82) is 0 Å². The van der Waals surface area contributed by atoms with E-state index in [0.717, 1.165) is 5.69 Å². The zero-order valence-corrected chi connectivity index (χ0v) is 14.8. The number of fused-ring (bicyclic) bond motifs is 1. The minimum Gasteiger partial charge on any atom is -0.354 e. The summed E-state index contributed by atoms with van der Waals surface area (Å²) < 4.78 is 11.7. The fourth-order valence-electron chi connectivity index (χ4n) is 2.73. The first-order valence-electron chi connectivity index (χ1n) is 8.07. The third-order valence-corrected chi connectivity index (χ3v) is 4.09. The standard InChI is InChI=1S/C18H20N4O4/c1-11-15-16(23)13(18(24)20-10-14(25-2)26-3)9-19-17(15)22(21-11)12-7-5-4-6-8-12/h4-9,14H,10H2,1-3H3,(H,19,23)(H,20,24). The van der Waals surface area contributed by atoms with Gasteiger partial charge in [0.1, 0.15) is 11.2 Å². The van der Waals surface area contributed by atoms with Crippen LogP contribution in [0, 0.1) is 6.92 Å². The molecule has 1 aromatic carbocycles. The van der Waals surface area contributed by atoms with Crippen molar-refractivity contribution >= 4 is 16.9 Å². The average molecular weight is 356 g/mol. The Hall–Kier alpha value is -2.97. The lowest BCUT2D eigenvalue weighted by atomic mass is 10.2. The smallest absolute Gasteiger partial charge is 0.256 e. The maximum atomic E-state index is 12.8. The van der Waals surface area contributed by atoms with Gasteiger partial charge in [-0.3, -0.25) is 9.59 Å². The maximum absolute atomic E-state index is 12.8. The Morgan fingerprint density at radius 3 is 2.62 bits per heavy atom. The molecule has 8 nitrogen and oxygen atoms in total.